The molecule has 4 nitrogen and oxygen atoms in total. The molecular formula is C24H26O4. The molecule has 0 aliphatic heterocycles. The van der Waals surface area contributed by atoms with Crippen LogP contribution in [0.1, 0.15) is 11.1 Å². The first-order valence-electron chi connectivity index (χ1n) is 9.09. The Morgan fingerprint density at radius 1 is 0.893 bits per heavy atom. The van der Waals surface area contributed by atoms with Crippen molar-refractivity contribution >= 4 is 5.97 Å². The zero-order valence-electron chi connectivity index (χ0n) is 16.1. The highest BCUT2D eigenvalue weighted by Gasteiger charge is 2.19. The van der Waals surface area contributed by atoms with Gasteiger partial charge in [-0.1, -0.05) is 85.5 Å². The van der Waals surface area contributed by atoms with E-state index in [2.05, 4.69) is 6.58 Å². The third kappa shape index (κ3) is 7.74. The Morgan fingerprint density at radius 3 is 1.86 bits per heavy atom. The van der Waals surface area contributed by atoms with Gasteiger partial charge in [-0.25, -0.2) is 4.79 Å². The van der Waals surface area contributed by atoms with Crippen LogP contribution in [-0.4, -0.2) is 25.3 Å². The maximum absolute atomic E-state index is 11.6. The SMILES string of the molecule is C=C/C=C\[C@@H](OCc1ccccc1)[C@H](/C=C/C(=O)OC)OCc1ccccc1. The van der Waals surface area contributed by atoms with Crippen LogP contribution in [0, 0.1) is 0 Å². The van der Waals surface area contributed by atoms with E-state index >= 15 is 0 Å². The Balaban J connectivity index is 2.14. The summed E-state index contributed by atoms with van der Waals surface area (Å²) < 4.78 is 16.8. The summed E-state index contributed by atoms with van der Waals surface area (Å²) in [5, 5.41) is 0. The van der Waals surface area contributed by atoms with E-state index in [4.69, 9.17) is 14.2 Å². The second-order valence-electron chi connectivity index (χ2n) is 6.03. The molecule has 0 radical (unpaired) electrons. The van der Waals surface area contributed by atoms with Gasteiger partial charge in [-0.15, -0.1) is 0 Å². The maximum atomic E-state index is 11.6. The summed E-state index contributed by atoms with van der Waals surface area (Å²) in [6, 6.07) is 19.7. The summed E-state index contributed by atoms with van der Waals surface area (Å²) >= 11 is 0. The van der Waals surface area contributed by atoms with Crippen LogP contribution in [0.5, 0.6) is 0 Å². The Labute approximate surface area is 166 Å². The van der Waals surface area contributed by atoms with Crippen LogP contribution < -0.4 is 0 Å². The molecule has 4 heteroatoms. The predicted octanol–water partition coefficient (Wildman–Crippen LogP) is 4.63. The smallest absolute Gasteiger partial charge is 0.330 e. The summed E-state index contributed by atoms with van der Waals surface area (Å²) in [6.45, 7) is 4.53. The van der Waals surface area contributed by atoms with Crippen LogP contribution in [0.4, 0.5) is 0 Å². The highest BCUT2D eigenvalue weighted by molar-refractivity contribution is 5.81. The number of methoxy groups -OCH3 is 1. The molecule has 0 N–H and O–H groups in total. The predicted molar refractivity (Wildman–Crippen MR) is 111 cm³/mol. The number of carbonyl (C=O) groups is 1. The first-order chi connectivity index (χ1) is 13.7. The number of ether oxygens (including phenoxy) is 3. The summed E-state index contributed by atoms with van der Waals surface area (Å²) in [5.74, 6) is -0.442. The molecule has 28 heavy (non-hydrogen) atoms. The lowest BCUT2D eigenvalue weighted by atomic mass is 10.1. The fourth-order valence-corrected chi connectivity index (χ4v) is 2.48. The zero-order chi connectivity index (χ0) is 20.0. The molecule has 0 saturated carbocycles. The van der Waals surface area contributed by atoms with E-state index in [1.807, 2.05) is 66.7 Å². The molecule has 2 aromatic carbocycles. The zero-order valence-corrected chi connectivity index (χ0v) is 16.1. The first-order valence-corrected chi connectivity index (χ1v) is 9.09. The minimum Gasteiger partial charge on any atom is -0.466 e. The molecule has 0 amide bonds. The van der Waals surface area contributed by atoms with Gasteiger partial charge in [0, 0.05) is 6.08 Å². The van der Waals surface area contributed by atoms with Crippen LogP contribution in [0.2, 0.25) is 0 Å². The molecule has 0 aliphatic rings. The Morgan fingerprint density at radius 2 is 1.39 bits per heavy atom. The minimum atomic E-state index is -0.473. The van der Waals surface area contributed by atoms with Crippen LogP contribution in [0.25, 0.3) is 0 Å². The van der Waals surface area contributed by atoms with Gasteiger partial charge in [0.1, 0.15) is 12.2 Å². The van der Waals surface area contributed by atoms with Crippen molar-refractivity contribution in [3.63, 3.8) is 0 Å². The summed E-state index contributed by atoms with van der Waals surface area (Å²) in [6.07, 6.45) is 7.50. The van der Waals surface area contributed by atoms with E-state index in [0.717, 1.165) is 11.1 Å². The Hall–Kier alpha value is -2.95. The highest BCUT2D eigenvalue weighted by Crippen LogP contribution is 2.15. The molecule has 2 rings (SSSR count). The third-order valence-corrected chi connectivity index (χ3v) is 3.95. The largest absolute Gasteiger partial charge is 0.466 e. The van der Waals surface area contributed by atoms with E-state index in [-0.39, 0.29) is 0 Å². The molecule has 0 aromatic heterocycles. The summed E-state index contributed by atoms with van der Waals surface area (Å²) in [5.41, 5.74) is 2.09. The number of benzene rings is 2. The average molecular weight is 378 g/mol. The van der Waals surface area contributed by atoms with E-state index in [9.17, 15) is 4.79 Å². The lowest BCUT2D eigenvalue weighted by molar-refractivity contribution is -0.135. The fraction of sp³-hybridized carbons (Fsp3) is 0.208. The van der Waals surface area contributed by atoms with Crippen molar-refractivity contribution in [2.75, 3.05) is 7.11 Å². The molecule has 0 fully saturated rings. The molecule has 2 aromatic rings. The van der Waals surface area contributed by atoms with Gasteiger partial charge in [0.05, 0.1) is 20.3 Å². The van der Waals surface area contributed by atoms with Crippen molar-refractivity contribution in [3.05, 3.63) is 109 Å². The lowest BCUT2D eigenvalue weighted by Gasteiger charge is -2.23. The molecule has 0 unspecified atom stereocenters. The second kappa shape index (κ2) is 12.4. The van der Waals surface area contributed by atoms with Crippen molar-refractivity contribution in [1.29, 1.82) is 0 Å². The van der Waals surface area contributed by atoms with Gasteiger partial charge in [-0.3, -0.25) is 0 Å². The molecule has 0 spiro atoms. The van der Waals surface area contributed by atoms with Crippen molar-refractivity contribution in [2.24, 2.45) is 0 Å². The number of hydrogen-bond acceptors (Lipinski definition) is 4. The standard InChI is InChI=1S/C24H26O4/c1-3-4-15-22(27-18-20-11-7-5-8-12-20)23(16-17-24(25)26-2)28-19-21-13-9-6-10-14-21/h3-17,22-23H,1,18-19H2,2H3/b15-4-,17-16+/t22-,23+/m1/s1. The van der Waals surface area contributed by atoms with Gasteiger partial charge in [-0.2, -0.15) is 0 Å². The fourth-order valence-electron chi connectivity index (χ4n) is 2.48. The number of esters is 1. The first kappa shape index (κ1) is 21.4. The minimum absolute atomic E-state index is 0.393. The molecule has 0 bridgehead atoms. The summed E-state index contributed by atoms with van der Waals surface area (Å²) in [4.78, 5) is 11.6. The van der Waals surface area contributed by atoms with E-state index in [1.165, 1.54) is 13.2 Å². The lowest BCUT2D eigenvalue weighted by Crippen LogP contribution is -2.28. The summed E-state index contributed by atoms with van der Waals surface area (Å²) in [7, 11) is 1.34. The molecule has 2 atom stereocenters. The maximum Gasteiger partial charge on any atom is 0.330 e. The average Bonchev–Trinajstić information content (AvgIpc) is 2.75. The Kier molecular flexibility index (Phi) is 9.49. The molecular weight excluding hydrogens is 352 g/mol. The molecule has 0 heterocycles. The van der Waals surface area contributed by atoms with Gasteiger partial charge in [-0.05, 0) is 17.2 Å². The second-order valence-corrected chi connectivity index (χ2v) is 6.03. The van der Waals surface area contributed by atoms with E-state index < -0.39 is 18.2 Å². The monoisotopic (exact) mass is 378 g/mol. The van der Waals surface area contributed by atoms with Crippen molar-refractivity contribution in [3.8, 4) is 0 Å². The van der Waals surface area contributed by atoms with Crippen molar-refractivity contribution in [1.82, 2.24) is 0 Å². The van der Waals surface area contributed by atoms with E-state index in [0.29, 0.717) is 13.2 Å². The van der Waals surface area contributed by atoms with Crippen LogP contribution in [0.15, 0.2) is 97.6 Å². The molecule has 146 valence electrons. The Bertz CT molecular complexity index is 766. The molecule has 0 saturated heterocycles. The van der Waals surface area contributed by atoms with Crippen molar-refractivity contribution in [2.45, 2.75) is 25.4 Å². The van der Waals surface area contributed by atoms with E-state index in [1.54, 1.807) is 18.2 Å². The highest BCUT2D eigenvalue weighted by atomic mass is 16.5. The van der Waals surface area contributed by atoms with Gasteiger partial charge in [0.25, 0.3) is 0 Å². The third-order valence-electron chi connectivity index (χ3n) is 3.95. The van der Waals surface area contributed by atoms with Gasteiger partial charge in [0.15, 0.2) is 0 Å². The number of carbonyl (C=O) groups excluding carboxylic acids is 1. The van der Waals surface area contributed by atoms with Crippen LogP contribution in [0.3, 0.4) is 0 Å². The topological polar surface area (TPSA) is 44.8 Å². The van der Waals surface area contributed by atoms with Crippen LogP contribution >= 0.6 is 0 Å². The van der Waals surface area contributed by atoms with Gasteiger partial charge in [0.2, 0.25) is 0 Å². The number of hydrogen-bond donors (Lipinski definition) is 0. The molecule has 0 aliphatic carbocycles. The van der Waals surface area contributed by atoms with Gasteiger partial charge >= 0.3 is 5.97 Å². The normalized spacial score (nSPS) is 13.5. The quantitative estimate of drug-likeness (QED) is 0.325. The van der Waals surface area contributed by atoms with Gasteiger partial charge < -0.3 is 14.2 Å². The van der Waals surface area contributed by atoms with Crippen LogP contribution in [-0.2, 0) is 32.2 Å². The van der Waals surface area contributed by atoms with Crippen molar-refractivity contribution < 1.29 is 19.0 Å². The number of allylic oxidation sites excluding steroid dienone is 2. The number of rotatable bonds is 11.